The minimum absolute atomic E-state index is 0.0231. The van der Waals surface area contributed by atoms with Gasteiger partial charge >= 0.3 is 0 Å². The molecule has 2 rings (SSSR count). The van der Waals surface area contributed by atoms with Gasteiger partial charge in [0.05, 0.1) is 0 Å². The fourth-order valence-corrected chi connectivity index (χ4v) is 2.35. The maximum atomic E-state index is 11.6. The molecule has 1 saturated carbocycles. The number of likely N-dealkylation sites (tertiary alicyclic amines) is 1. The Bertz CT molecular complexity index is 261. The molecule has 1 saturated heterocycles. The molecule has 3 nitrogen and oxygen atoms in total. The molecular weight excluding hydrogens is 154 g/mol. The molecular formula is C9H13NO2. The van der Waals surface area contributed by atoms with E-state index in [1.54, 1.807) is 18.9 Å². The third-order valence-corrected chi connectivity index (χ3v) is 3.30. The van der Waals surface area contributed by atoms with Crippen LogP contribution in [0.3, 0.4) is 0 Å². The zero-order valence-electron chi connectivity index (χ0n) is 7.46. The second-order valence-corrected chi connectivity index (χ2v) is 4.07. The summed E-state index contributed by atoms with van der Waals surface area (Å²) >= 11 is 0. The molecule has 1 heterocycles. The van der Waals surface area contributed by atoms with Gasteiger partial charge in [0.25, 0.3) is 0 Å². The highest BCUT2D eigenvalue weighted by molar-refractivity contribution is 6.08. The molecule has 2 unspecified atom stereocenters. The largest absolute Gasteiger partial charge is 0.342 e. The van der Waals surface area contributed by atoms with Crippen LogP contribution in [0.4, 0.5) is 0 Å². The van der Waals surface area contributed by atoms with Crippen molar-refractivity contribution in [2.45, 2.75) is 32.2 Å². The van der Waals surface area contributed by atoms with E-state index in [2.05, 4.69) is 0 Å². The first-order chi connectivity index (χ1) is 5.55. The van der Waals surface area contributed by atoms with E-state index in [0.717, 1.165) is 12.8 Å². The molecule has 0 aromatic carbocycles. The molecule has 0 N–H and O–H groups in total. The van der Waals surface area contributed by atoms with Gasteiger partial charge in [0.2, 0.25) is 5.91 Å². The van der Waals surface area contributed by atoms with Crippen molar-refractivity contribution in [3.05, 3.63) is 0 Å². The highest BCUT2D eigenvalue weighted by Crippen LogP contribution is 2.42. The van der Waals surface area contributed by atoms with Gasteiger partial charge in [-0.15, -0.1) is 0 Å². The number of ketones is 1. The minimum Gasteiger partial charge on any atom is -0.342 e. The Hall–Kier alpha value is -0.860. The van der Waals surface area contributed by atoms with Crippen LogP contribution in [0.25, 0.3) is 0 Å². The summed E-state index contributed by atoms with van der Waals surface area (Å²) in [5, 5.41) is 0. The topological polar surface area (TPSA) is 37.4 Å². The number of carbonyl (C=O) groups excluding carboxylic acids is 2. The van der Waals surface area contributed by atoms with E-state index in [4.69, 9.17) is 0 Å². The molecule has 2 atom stereocenters. The van der Waals surface area contributed by atoms with Crippen molar-refractivity contribution in [3.8, 4) is 0 Å². The van der Waals surface area contributed by atoms with Gasteiger partial charge in [-0.1, -0.05) is 0 Å². The minimum atomic E-state index is -0.669. The van der Waals surface area contributed by atoms with Crippen LogP contribution in [0.5, 0.6) is 0 Å². The molecule has 0 spiro atoms. The van der Waals surface area contributed by atoms with E-state index in [0.29, 0.717) is 12.5 Å². The fourth-order valence-electron chi connectivity index (χ4n) is 2.35. The van der Waals surface area contributed by atoms with E-state index in [-0.39, 0.29) is 11.7 Å². The molecule has 0 radical (unpaired) electrons. The van der Waals surface area contributed by atoms with Crippen LogP contribution in [0.2, 0.25) is 0 Å². The van der Waals surface area contributed by atoms with Gasteiger partial charge in [0, 0.05) is 19.5 Å². The lowest BCUT2D eigenvalue weighted by Gasteiger charge is -2.23. The van der Waals surface area contributed by atoms with Crippen molar-refractivity contribution in [2.24, 2.45) is 5.41 Å². The van der Waals surface area contributed by atoms with Crippen LogP contribution >= 0.6 is 0 Å². The van der Waals surface area contributed by atoms with Gasteiger partial charge < -0.3 is 4.90 Å². The molecule has 66 valence electrons. The average molecular weight is 167 g/mol. The Morgan fingerprint density at radius 3 is 2.75 bits per heavy atom. The smallest absolute Gasteiger partial charge is 0.236 e. The molecule has 0 aromatic heterocycles. The summed E-state index contributed by atoms with van der Waals surface area (Å²) in [5.74, 6) is 0.156. The van der Waals surface area contributed by atoms with Crippen molar-refractivity contribution in [3.63, 3.8) is 0 Å². The Labute approximate surface area is 71.7 Å². The van der Waals surface area contributed by atoms with E-state index in [1.165, 1.54) is 0 Å². The highest BCUT2D eigenvalue weighted by Gasteiger charge is 2.54. The van der Waals surface area contributed by atoms with E-state index >= 15 is 0 Å². The van der Waals surface area contributed by atoms with Crippen LogP contribution in [0, 0.1) is 5.41 Å². The lowest BCUT2D eigenvalue weighted by molar-refractivity contribution is -0.141. The summed E-state index contributed by atoms with van der Waals surface area (Å²) in [6.07, 6.45) is 2.18. The standard InChI is InChI=1S/C9H13NO2/c1-9-5-6(3-4-7(9)11)10(2)8(9)12/h6H,3-5H2,1-2H3. The van der Waals surface area contributed by atoms with Crippen LogP contribution in [-0.2, 0) is 9.59 Å². The van der Waals surface area contributed by atoms with Crippen LogP contribution in [0.15, 0.2) is 0 Å². The third-order valence-electron chi connectivity index (χ3n) is 3.30. The second-order valence-electron chi connectivity index (χ2n) is 4.07. The zero-order valence-corrected chi connectivity index (χ0v) is 7.46. The lowest BCUT2D eigenvalue weighted by Crippen LogP contribution is -2.35. The van der Waals surface area contributed by atoms with Gasteiger partial charge in [-0.3, -0.25) is 9.59 Å². The van der Waals surface area contributed by atoms with E-state index < -0.39 is 5.41 Å². The molecule has 1 amide bonds. The summed E-state index contributed by atoms with van der Waals surface area (Å²) in [7, 11) is 1.80. The molecule has 0 aromatic rings. The molecule has 2 aliphatic rings. The Kier molecular flexibility index (Phi) is 1.35. The van der Waals surface area contributed by atoms with E-state index in [9.17, 15) is 9.59 Å². The number of hydrogen-bond acceptors (Lipinski definition) is 2. The predicted octanol–water partition coefficient (Wildman–Crippen LogP) is 0.586. The Balaban J connectivity index is 2.41. The molecule has 1 aliphatic carbocycles. The van der Waals surface area contributed by atoms with Crippen molar-refractivity contribution in [1.29, 1.82) is 0 Å². The Morgan fingerprint density at radius 2 is 2.17 bits per heavy atom. The maximum absolute atomic E-state index is 11.6. The summed E-state index contributed by atoms with van der Waals surface area (Å²) in [6, 6.07) is 0.320. The molecule has 2 fully saturated rings. The first-order valence-corrected chi connectivity index (χ1v) is 4.36. The molecule has 3 heteroatoms. The number of fused-ring (bicyclic) bond motifs is 2. The number of rotatable bonds is 0. The lowest BCUT2D eigenvalue weighted by atomic mass is 9.76. The highest BCUT2D eigenvalue weighted by atomic mass is 16.2. The number of Topliss-reactive ketones (excluding diaryl/α,β-unsaturated/α-hetero) is 1. The van der Waals surface area contributed by atoms with Crippen molar-refractivity contribution < 1.29 is 9.59 Å². The van der Waals surface area contributed by atoms with Crippen molar-refractivity contribution in [2.75, 3.05) is 7.05 Å². The number of carbonyl (C=O) groups is 2. The number of nitrogens with zero attached hydrogens (tertiary/aromatic N) is 1. The number of amides is 1. The second kappa shape index (κ2) is 2.09. The van der Waals surface area contributed by atoms with Crippen molar-refractivity contribution >= 4 is 11.7 Å². The van der Waals surface area contributed by atoms with Gasteiger partial charge in [-0.05, 0) is 19.8 Å². The number of hydrogen-bond donors (Lipinski definition) is 0. The van der Waals surface area contributed by atoms with Gasteiger partial charge in [0.1, 0.15) is 11.2 Å². The molecule has 12 heavy (non-hydrogen) atoms. The summed E-state index contributed by atoms with van der Waals surface area (Å²) < 4.78 is 0. The van der Waals surface area contributed by atoms with Crippen molar-refractivity contribution in [1.82, 2.24) is 4.90 Å². The zero-order chi connectivity index (χ0) is 8.93. The third kappa shape index (κ3) is 0.713. The summed E-state index contributed by atoms with van der Waals surface area (Å²) in [6.45, 7) is 1.79. The van der Waals surface area contributed by atoms with E-state index in [1.807, 2.05) is 0 Å². The first-order valence-electron chi connectivity index (χ1n) is 4.36. The van der Waals surface area contributed by atoms with Crippen LogP contribution in [0.1, 0.15) is 26.2 Å². The first kappa shape index (κ1) is 7.77. The SMILES string of the molecule is CN1C(=O)C2(C)CC1CCC2=O. The van der Waals surface area contributed by atoms with Gasteiger partial charge in [-0.2, -0.15) is 0 Å². The normalized spacial score (nSPS) is 40.8. The van der Waals surface area contributed by atoms with Gasteiger partial charge in [-0.25, -0.2) is 0 Å². The maximum Gasteiger partial charge on any atom is 0.236 e. The van der Waals surface area contributed by atoms with Gasteiger partial charge in [0.15, 0.2) is 0 Å². The van der Waals surface area contributed by atoms with Crippen LogP contribution < -0.4 is 0 Å². The monoisotopic (exact) mass is 167 g/mol. The summed E-state index contributed by atoms with van der Waals surface area (Å²) in [5.41, 5.74) is -0.669. The quantitative estimate of drug-likeness (QED) is 0.495. The predicted molar refractivity (Wildman–Crippen MR) is 43.5 cm³/mol. The molecule has 1 aliphatic heterocycles. The Morgan fingerprint density at radius 1 is 1.50 bits per heavy atom. The fraction of sp³-hybridized carbons (Fsp3) is 0.778. The average Bonchev–Trinajstić information content (AvgIpc) is 2.23. The summed E-state index contributed by atoms with van der Waals surface area (Å²) in [4.78, 5) is 24.8. The van der Waals surface area contributed by atoms with Crippen LogP contribution in [-0.4, -0.2) is 29.7 Å². The molecule has 2 bridgehead atoms.